The van der Waals surface area contributed by atoms with Gasteiger partial charge in [0, 0.05) is 5.92 Å². The third-order valence-electron chi connectivity index (χ3n) is 4.32. The van der Waals surface area contributed by atoms with E-state index in [1.807, 2.05) is 6.07 Å². The molecule has 2 rings (SSSR count). The van der Waals surface area contributed by atoms with E-state index < -0.39 is 0 Å². The van der Waals surface area contributed by atoms with Gasteiger partial charge in [-0.05, 0) is 54.6 Å². The van der Waals surface area contributed by atoms with Crippen LogP contribution in [0.5, 0.6) is 11.5 Å². The van der Waals surface area contributed by atoms with E-state index in [4.69, 9.17) is 15.2 Å². The largest absolute Gasteiger partial charge is 0.493 e. The van der Waals surface area contributed by atoms with Gasteiger partial charge in [0.05, 0.1) is 13.7 Å². The van der Waals surface area contributed by atoms with E-state index in [2.05, 4.69) is 50.2 Å². The van der Waals surface area contributed by atoms with Crippen molar-refractivity contribution in [2.75, 3.05) is 20.3 Å². The molecule has 2 N–H and O–H groups in total. The standard InChI is InChI=1S/C21H29NO2/c1-4-12-24-20-11-8-17(14-21(20)23-3)13-19(15-22)18-9-6-16(5-2)7-10-18/h6-11,14,19H,4-5,12-13,15,22H2,1-3H3. The fraction of sp³-hybridized carbons (Fsp3) is 0.429. The third-order valence-corrected chi connectivity index (χ3v) is 4.32. The maximum atomic E-state index is 6.03. The van der Waals surface area contributed by atoms with Gasteiger partial charge in [-0.3, -0.25) is 0 Å². The summed E-state index contributed by atoms with van der Waals surface area (Å²) in [4.78, 5) is 0. The third kappa shape index (κ3) is 4.75. The molecule has 0 amide bonds. The number of rotatable bonds is 9. The molecule has 130 valence electrons. The van der Waals surface area contributed by atoms with Crippen molar-refractivity contribution < 1.29 is 9.47 Å². The van der Waals surface area contributed by atoms with Crippen LogP contribution < -0.4 is 15.2 Å². The summed E-state index contributed by atoms with van der Waals surface area (Å²) < 4.78 is 11.2. The summed E-state index contributed by atoms with van der Waals surface area (Å²) in [6.07, 6.45) is 2.93. The first-order valence-electron chi connectivity index (χ1n) is 8.80. The number of ether oxygens (including phenoxy) is 2. The van der Waals surface area contributed by atoms with Gasteiger partial charge >= 0.3 is 0 Å². The Bertz CT molecular complexity index is 622. The van der Waals surface area contributed by atoms with E-state index in [1.165, 1.54) is 16.7 Å². The molecule has 0 aliphatic rings. The molecule has 2 aromatic rings. The highest BCUT2D eigenvalue weighted by Gasteiger charge is 2.13. The molecular formula is C21H29NO2. The lowest BCUT2D eigenvalue weighted by Gasteiger charge is -2.17. The van der Waals surface area contributed by atoms with E-state index in [0.29, 0.717) is 19.1 Å². The molecule has 3 nitrogen and oxygen atoms in total. The van der Waals surface area contributed by atoms with Crippen molar-refractivity contribution >= 4 is 0 Å². The number of nitrogens with two attached hydrogens (primary N) is 1. The van der Waals surface area contributed by atoms with E-state index in [1.54, 1.807) is 7.11 Å². The second-order valence-electron chi connectivity index (χ2n) is 6.07. The minimum absolute atomic E-state index is 0.308. The predicted octanol–water partition coefficient (Wildman–Crippen LogP) is 4.33. The van der Waals surface area contributed by atoms with Crippen LogP contribution in [-0.2, 0) is 12.8 Å². The highest BCUT2D eigenvalue weighted by molar-refractivity contribution is 5.43. The molecule has 0 fully saturated rings. The Kier molecular flexibility index (Phi) is 7.13. The summed E-state index contributed by atoms with van der Waals surface area (Å²) in [5.41, 5.74) is 9.89. The second-order valence-corrected chi connectivity index (χ2v) is 6.07. The van der Waals surface area contributed by atoms with Crippen molar-refractivity contribution in [2.24, 2.45) is 5.73 Å². The zero-order valence-electron chi connectivity index (χ0n) is 15.0. The molecule has 3 heteroatoms. The molecular weight excluding hydrogens is 298 g/mol. The Balaban J connectivity index is 2.14. The Morgan fingerprint density at radius 1 is 0.958 bits per heavy atom. The zero-order valence-corrected chi connectivity index (χ0v) is 15.0. The highest BCUT2D eigenvalue weighted by Crippen LogP contribution is 2.30. The summed E-state index contributed by atoms with van der Waals surface area (Å²) in [5.74, 6) is 1.90. The van der Waals surface area contributed by atoms with Gasteiger partial charge in [0.15, 0.2) is 11.5 Å². The average molecular weight is 327 g/mol. The van der Waals surface area contributed by atoms with Crippen LogP contribution in [0.1, 0.15) is 42.9 Å². The molecule has 24 heavy (non-hydrogen) atoms. The van der Waals surface area contributed by atoms with Crippen LogP contribution in [0.25, 0.3) is 0 Å². The predicted molar refractivity (Wildman–Crippen MR) is 100 cm³/mol. The smallest absolute Gasteiger partial charge is 0.161 e. The van der Waals surface area contributed by atoms with Crippen LogP contribution in [0.4, 0.5) is 0 Å². The van der Waals surface area contributed by atoms with Crippen molar-refractivity contribution in [1.29, 1.82) is 0 Å². The fourth-order valence-electron chi connectivity index (χ4n) is 2.82. The Morgan fingerprint density at radius 3 is 2.25 bits per heavy atom. The number of aryl methyl sites for hydroxylation is 1. The summed E-state index contributed by atoms with van der Waals surface area (Å²) in [6.45, 7) is 5.59. The SMILES string of the molecule is CCCOc1ccc(CC(CN)c2ccc(CC)cc2)cc1OC. The second kappa shape index (κ2) is 9.33. The van der Waals surface area contributed by atoms with Gasteiger partial charge in [0.25, 0.3) is 0 Å². The summed E-state index contributed by atoms with van der Waals surface area (Å²) >= 11 is 0. The Morgan fingerprint density at radius 2 is 1.67 bits per heavy atom. The molecule has 0 aromatic heterocycles. The fourth-order valence-corrected chi connectivity index (χ4v) is 2.82. The van der Waals surface area contributed by atoms with Crippen LogP contribution in [0.3, 0.4) is 0 Å². The van der Waals surface area contributed by atoms with Crippen LogP contribution in [0.2, 0.25) is 0 Å². The zero-order chi connectivity index (χ0) is 17.4. The van der Waals surface area contributed by atoms with Crippen molar-refractivity contribution in [3.05, 3.63) is 59.2 Å². The van der Waals surface area contributed by atoms with E-state index >= 15 is 0 Å². The first-order valence-corrected chi connectivity index (χ1v) is 8.80. The summed E-state index contributed by atoms with van der Waals surface area (Å²) in [7, 11) is 1.68. The van der Waals surface area contributed by atoms with Crippen LogP contribution >= 0.6 is 0 Å². The molecule has 0 aliphatic carbocycles. The number of benzene rings is 2. The van der Waals surface area contributed by atoms with Crippen LogP contribution in [0.15, 0.2) is 42.5 Å². The summed E-state index contributed by atoms with van der Waals surface area (Å²) in [6, 6.07) is 15.0. The van der Waals surface area contributed by atoms with Gasteiger partial charge < -0.3 is 15.2 Å². The van der Waals surface area contributed by atoms with Crippen molar-refractivity contribution in [3.8, 4) is 11.5 Å². The lowest BCUT2D eigenvalue weighted by Crippen LogP contribution is -2.15. The maximum absolute atomic E-state index is 6.03. The van der Waals surface area contributed by atoms with Gasteiger partial charge in [0.2, 0.25) is 0 Å². The van der Waals surface area contributed by atoms with Gasteiger partial charge in [-0.1, -0.05) is 44.2 Å². The maximum Gasteiger partial charge on any atom is 0.161 e. The van der Waals surface area contributed by atoms with Crippen LogP contribution in [0, 0.1) is 0 Å². The molecule has 0 aliphatic heterocycles. The normalized spacial score (nSPS) is 12.0. The van der Waals surface area contributed by atoms with Gasteiger partial charge in [-0.25, -0.2) is 0 Å². The van der Waals surface area contributed by atoms with Gasteiger partial charge in [-0.2, -0.15) is 0 Å². The Hall–Kier alpha value is -2.00. The van der Waals surface area contributed by atoms with Crippen molar-refractivity contribution in [2.45, 2.75) is 39.0 Å². The topological polar surface area (TPSA) is 44.5 Å². The first kappa shape index (κ1) is 18.3. The van der Waals surface area contributed by atoms with Crippen molar-refractivity contribution in [3.63, 3.8) is 0 Å². The number of hydrogen-bond acceptors (Lipinski definition) is 3. The minimum atomic E-state index is 0.308. The van der Waals surface area contributed by atoms with E-state index in [-0.39, 0.29) is 0 Å². The number of methoxy groups -OCH3 is 1. The first-order chi connectivity index (χ1) is 11.7. The molecule has 0 saturated carbocycles. The van der Waals surface area contributed by atoms with E-state index in [9.17, 15) is 0 Å². The van der Waals surface area contributed by atoms with E-state index in [0.717, 1.165) is 30.8 Å². The molecule has 0 saturated heterocycles. The lowest BCUT2D eigenvalue weighted by atomic mass is 9.91. The molecule has 0 spiro atoms. The van der Waals surface area contributed by atoms with Crippen LogP contribution in [-0.4, -0.2) is 20.3 Å². The molecule has 1 atom stereocenters. The molecule has 2 aromatic carbocycles. The Labute approximate surface area is 145 Å². The van der Waals surface area contributed by atoms with Gasteiger partial charge in [0.1, 0.15) is 0 Å². The lowest BCUT2D eigenvalue weighted by molar-refractivity contribution is 0.294. The monoisotopic (exact) mass is 327 g/mol. The summed E-state index contributed by atoms with van der Waals surface area (Å²) in [5, 5.41) is 0. The number of hydrogen-bond donors (Lipinski definition) is 1. The molecule has 0 bridgehead atoms. The molecule has 0 heterocycles. The molecule has 1 unspecified atom stereocenters. The van der Waals surface area contributed by atoms with Crippen molar-refractivity contribution in [1.82, 2.24) is 0 Å². The minimum Gasteiger partial charge on any atom is -0.493 e. The molecule has 0 radical (unpaired) electrons. The highest BCUT2D eigenvalue weighted by atomic mass is 16.5. The average Bonchev–Trinajstić information content (AvgIpc) is 2.64. The quantitative estimate of drug-likeness (QED) is 0.745. The van der Waals surface area contributed by atoms with Gasteiger partial charge in [-0.15, -0.1) is 0 Å².